The third-order valence-electron chi connectivity index (χ3n) is 6.56. The summed E-state index contributed by atoms with van der Waals surface area (Å²) in [5, 5.41) is 21.6. The molecule has 1 saturated heterocycles. The average molecular weight is 484 g/mol. The molecule has 10 nitrogen and oxygen atoms in total. The van der Waals surface area contributed by atoms with E-state index in [9.17, 15) is 4.79 Å². The van der Waals surface area contributed by atoms with Crippen LogP contribution in [-0.4, -0.2) is 49.4 Å². The number of pyridine rings is 1. The number of nitrogens with one attached hydrogen (secondary N) is 1. The number of nitrogens with zero attached hydrogens (tertiary/aromatic N) is 7. The molecule has 1 aliphatic heterocycles. The van der Waals surface area contributed by atoms with Crippen molar-refractivity contribution in [1.82, 2.24) is 24.4 Å². The van der Waals surface area contributed by atoms with Crippen LogP contribution in [0.15, 0.2) is 49.2 Å². The molecule has 10 heteroatoms. The number of rotatable bonds is 7. The molecule has 5 heterocycles. The molecular weight excluding hydrogens is 454 g/mol. The molecule has 1 aliphatic rings. The molecule has 0 spiro atoms. The number of carbonyl (C=O) groups is 1. The van der Waals surface area contributed by atoms with E-state index in [2.05, 4.69) is 52.2 Å². The largest absolute Gasteiger partial charge is 0.378 e. The molecule has 5 rings (SSSR count). The molecule has 2 unspecified atom stereocenters. The number of nitriles is 1. The number of carbonyl (C=O) groups excluding carboxylic acids is 1. The Balaban J connectivity index is 1.45. The summed E-state index contributed by atoms with van der Waals surface area (Å²) >= 11 is 0. The molecule has 1 fully saturated rings. The molecule has 0 saturated carbocycles. The Labute approximate surface area is 209 Å². The second kappa shape index (κ2) is 9.34. The molecule has 0 radical (unpaired) electrons. The van der Waals surface area contributed by atoms with Gasteiger partial charge in [-0.2, -0.15) is 15.5 Å². The van der Waals surface area contributed by atoms with E-state index < -0.39 is 5.91 Å². The summed E-state index contributed by atoms with van der Waals surface area (Å²) in [6.45, 7) is 8.81. The quantitative estimate of drug-likeness (QED) is 0.413. The molecule has 3 N–H and O–H groups in total. The van der Waals surface area contributed by atoms with Gasteiger partial charge < -0.3 is 16.0 Å². The van der Waals surface area contributed by atoms with Crippen molar-refractivity contribution in [2.24, 2.45) is 17.6 Å². The van der Waals surface area contributed by atoms with Crippen molar-refractivity contribution >= 4 is 22.9 Å². The highest BCUT2D eigenvalue weighted by Crippen LogP contribution is 2.31. The van der Waals surface area contributed by atoms with Crippen LogP contribution < -0.4 is 16.0 Å². The second-order valence-electron chi connectivity index (χ2n) is 9.85. The molecule has 2 atom stereocenters. The Bertz CT molecular complexity index is 1440. The van der Waals surface area contributed by atoms with Gasteiger partial charge in [-0.25, -0.2) is 9.50 Å². The summed E-state index contributed by atoms with van der Waals surface area (Å²) < 4.78 is 3.71. The third kappa shape index (κ3) is 4.47. The molecule has 0 aliphatic carbocycles. The van der Waals surface area contributed by atoms with Crippen LogP contribution in [0.4, 0.5) is 11.5 Å². The Morgan fingerprint density at radius 3 is 2.72 bits per heavy atom. The van der Waals surface area contributed by atoms with Crippen LogP contribution in [0, 0.1) is 23.2 Å². The van der Waals surface area contributed by atoms with Gasteiger partial charge in [0.25, 0.3) is 5.91 Å². The molecule has 4 aromatic rings. The van der Waals surface area contributed by atoms with Crippen molar-refractivity contribution in [1.29, 1.82) is 5.26 Å². The van der Waals surface area contributed by atoms with Gasteiger partial charge in [-0.05, 0) is 30.0 Å². The van der Waals surface area contributed by atoms with Crippen molar-refractivity contribution in [2.75, 3.05) is 23.3 Å². The number of aromatic nitrogens is 5. The highest BCUT2D eigenvalue weighted by Gasteiger charge is 2.32. The smallest absolute Gasteiger partial charge is 0.252 e. The summed E-state index contributed by atoms with van der Waals surface area (Å²) in [5.74, 6) is 1.06. The van der Waals surface area contributed by atoms with Crippen molar-refractivity contribution in [3.05, 3.63) is 60.3 Å². The number of fused-ring (bicyclic) bond motifs is 1. The van der Waals surface area contributed by atoms with Gasteiger partial charge in [0.1, 0.15) is 11.9 Å². The average Bonchev–Trinajstić information content (AvgIpc) is 3.57. The number of anilines is 2. The predicted octanol–water partition coefficient (Wildman–Crippen LogP) is 3.16. The zero-order valence-electron chi connectivity index (χ0n) is 20.6. The van der Waals surface area contributed by atoms with E-state index in [4.69, 9.17) is 11.0 Å². The first-order valence-electron chi connectivity index (χ1n) is 12.0. The fourth-order valence-corrected chi connectivity index (χ4v) is 4.71. The Kier molecular flexibility index (Phi) is 6.06. The van der Waals surface area contributed by atoms with Gasteiger partial charge in [0.05, 0.1) is 34.7 Å². The maximum absolute atomic E-state index is 12.3. The van der Waals surface area contributed by atoms with Gasteiger partial charge in [-0.3, -0.25) is 9.48 Å². The van der Waals surface area contributed by atoms with Crippen LogP contribution in [0.1, 0.15) is 36.7 Å². The molecular formula is C26H29N9O. The van der Waals surface area contributed by atoms with Crippen LogP contribution in [0.3, 0.4) is 0 Å². The Hall–Kier alpha value is -4.39. The highest BCUT2D eigenvalue weighted by atomic mass is 16.1. The molecule has 184 valence electrons. The second-order valence-corrected chi connectivity index (χ2v) is 9.85. The number of hydrogen-bond donors (Lipinski definition) is 2. The molecule has 1 amide bonds. The van der Waals surface area contributed by atoms with Crippen molar-refractivity contribution < 1.29 is 4.79 Å². The van der Waals surface area contributed by atoms with Gasteiger partial charge in [0.2, 0.25) is 0 Å². The van der Waals surface area contributed by atoms with Gasteiger partial charge in [0, 0.05) is 55.4 Å². The maximum atomic E-state index is 12.3. The van der Waals surface area contributed by atoms with E-state index in [1.165, 1.54) is 6.20 Å². The fourth-order valence-electron chi connectivity index (χ4n) is 4.71. The summed E-state index contributed by atoms with van der Waals surface area (Å²) in [5.41, 5.74) is 10.0. The van der Waals surface area contributed by atoms with E-state index in [-0.39, 0.29) is 12.0 Å². The van der Waals surface area contributed by atoms with E-state index in [1.807, 2.05) is 35.4 Å². The van der Waals surface area contributed by atoms with Crippen molar-refractivity contribution in [3.63, 3.8) is 0 Å². The third-order valence-corrected chi connectivity index (χ3v) is 6.56. The monoisotopic (exact) mass is 483 g/mol. The van der Waals surface area contributed by atoms with Gasteiger partial charge in [-0.15, -0.1) is 0 Å². The highest BCUT2D eigenvalue weighted by molar-refractivity contribution is 6.02. The van der Waals surface area contributed by atoms with Crippen LogP contribution >= 0.6 is 0 Å². The van der Waals surface area contributed by atoms with Gasteiger partial charge in [-0.1, -0.05) is 20.8 Å². The lowest BCUT2D eigenvalue weighted by atomic mass is 10.1. The lowest BCUT2D eigenvalue weighted by molar-refractivity contribution is 0.100. The van der Waals surface area contributed by atoms with E-state index in [0.29, 0.717) is 29.3 Å². The fraction of sp³-hybridized carbons (Fsp3) is 0.346. The summed E-state index contributed by atoms with van der Waals surface area (Å²) in [4.78, 5) is 18.9. The Morgan fingerprint density at radius 1 is 1.19 bits per heavy atom. The normalized spacial score (nSPS) is 17.6. The van der Waals surface area contributed by atoms with E-state index in [1.54, 1.807) is 16.8 Å². The summed E-state index contributed by atoms with van der Waals surface area (Å²) in [7, 11) is 0. The zero-order valence-corrected chi connectivity index (χ0v) is 20.6. The van der Waals surface area contributed by atoms with Crippen LogP contribution in [0.2, 0.25) is 0 Å². The number of hydrogen-bond acceptors (Lipinski definition) is 7. The summed E-state index contributed by atoms with van der Waals surface area (Å²) in [6, 6.07) is 7.81. The molecule has 0 aromatic carbocycles. The van der Waals surface area contributed by atoms with E-state index in [0.717, 1.165) is 35.6 Å². The number of amides is 1. The zero-order chi connectivity index (χ0) is 25.4. The topological polar surface area (TPSA) is 130 Å². The van der Waals surface area contributed by atoms with Gasteiger partial charge in [0.15, 0.2) is 0 Å². The molecule has 0 bridgehead atoms. The molecule has 36 heavy (non-hydrogen) atoms. The number of primary amides is 1. The first-order valence-corrected chi connectivity index (χ1v) is 12.0. The minimum atomic E-state index is -0.531. The van der Waals surface area contributed by atoms with Gasteiger partial charge >= 0.3 is 0 Å². The predicted molar refractivity (Wildman–Crippen MR) is 138 cm³/mol. The van der Waals surface area contributed by atoms with E-state index >= 15 is 0 Å². The first kappa shape index (κ1) is 23.4. The first-order chi connectivity index (χ1) is 17.3. The van der Waals surface area contributed by atoms with Crippen molar-refractivity contribution in [2.45, 2.75) is 33.4 Å². The van der Waals surface area contributed by atoms with Crippen molar-refractivity contribution in [3.8, 4) is 17.2 Å². The van der Waals surface area contributed by atoms with Crippen LogP contribution in [0.5, 0.6) is 0 Å². The maximum Gasteiger partial charge on any atom is 0.252 e. The van der Waals surface area contributed by atoms with Crippen LogP contribution in [0.25, 0.3) is 16.6 Å². The minimum absolute atomic E-state index is 0.0545. The number of nitrogens with two attached hydrogens (primary N) is 1. The lowest BCUT2D eigenvalue weighted by Gasteiger charge is -2.21. The SMILES string of the molecule is CC(C)Cn1cc(-c2cc3c(NC4CN(c5ccc(C#N)cn5)CC4C)c(C(N)=O)cnn3c2)cn1. The lowest BCUT2D eigenvalue weighted by Crippen LogP contribution is -2.30. The summed E-state index contributed by atoms with van der Waals surface area (Å²) in [6.07, 6.45) is 8.92. The van der Waals surface area contributed by atoms with Crippen LogP contribution in [-0.2, 0) is 6.54 Å². The standard InChI is InChI=1S/C26H29N9O/c1-16(2)11-34-13-20(9-30-34)19-6-23-25(21(26(28)36)10-31-35(23)14-19)32-22-15-33(12-17(22)3)24-5-4-18(7-27)8-29-24/h4-6,8-10,13-14,16-17,22,32H,11-12,15H2,1-3H3,(H2,28,36). The molecule has 4 aromatic heterocycles. The minimum Gasteiger partial charge on any atom is -0.378 e. The Morgan fingerprint density at radius 2 is 2.03 bits per heavy atom.